The van der Waals surface area contributed by atoms with Gasteiger partial charge in [-0.05, 0) is 83.5 Å². The van der Waals surface area contributed by atoms with Gasteiger partial charge in [0.1, 0.15) is 36.2 Å². The zero-order valence-corrected chi connectivity index (χ0v) is 26.9. The average molecular weight is 636 g/mol. The van der Waals surface area contributed by atoms with Crippen LogP contribution in [0, 0.1) is 0 Å². The fourth-order valence-electron chi connectivity index (χ4n) is 4.14. The van der Waals surface area contributed by atoms with E-state index in [0.717, 1.165) is 16.2 Å². The lowest BCUT2D eigenvalue weighted by Crippen LogP contribution is -2.42. The van der Waals surface area contributed by atoms with Crippen LogP contribution >= 0.6 is 0 Å². The Bertz CT molecular complexity index is 1700. The second-order valence-corrected chi connectivity index (χ2v) is 14.1. The summed E-state index contributed by atoms with van der Waals surface area (Å²) in [5, 5.41) is 5.88. The zero-order chi connectivity index (χ0) is 32.8. The summed E-state index contributed by atoms with van der Waals surface area (Å²) < 4.78 is 40.5. The molecule has 3 heterocycles. The number of sulfone groups is 1. The molecule has 0 bridgehead atoms. The standard InChI is InChI=1S/C31H37N7O6S/c1-30(2,3)43-27(39)19-37(29(40)44-31(4,5)6)26-11-7-10-25(36-26)28(45(41,42)24-9-8-16-32-18-24)34-17-22-12-14-23(15-13-22)38-21-33-20-35-38/h7-16,18,20-21,28,34H,17,19H2,1-6H3. The number of amides is 1. The van der Waals surface area contributed by atoms with E-state index in [1.54, 1.807) is 58.6 Å². The molecule has 3 aromatic heterocycles. The summed E-state index contributed by atoms with van der Waals surface area (Å²) in [6, 6.07) is 14.9. The van der Waals surface area contributed by atoms with Crippen LogP contribution in [0.3, 0.4) is 0 Å². The summed E-state index contributed by atoms with van der Waals surface area (Å²) in [4.78, 5) is 39.6. The molecule has 45 heavy (non-hydrogen) atoms. The third kappa shape index (κ3) is 9.16. The zero-order valence-electron chi connectivity index (χ0n) is 26.0. The van der Waals surface area contributed by atoms with Gasteiger partial charge in [0.25, 0.3) is 0 Å². The lowest BCUT2D eigenvalue weighted by atomic mass is 10.2. The van der Waals surface area contributed by atoms with Crippen molar-refractivity contribution < 1.29 is 27.5 Å². The monoisotopic (exact) mass is 635 g/mol. The van der Waals surface area contributed by atoms with Gasteiger partial charge in [-0.3, -0.25) is 20.0 Å². The molecule has 0 fully saturated rings. The third-order valence-electron chi connectivity index (χ3n) is 6.01. The van der Waals surface area contributed by atoms with Crippen molar-refractivity contribution in [2.45, 2.75) is 69.6 Å². The van der Waals surface area contributed by atoms with Crippen LogP contribution in [-0.2, 0) is 30.7 Å². The second kappa shape index (κ2) is 13.5. The number of benzene rings is 1. The summed E-state index contributed by atoms with van der Waals surface area (Å²) in [5.41, 5.74) is -0.00271. The minimum Gasteiger partial charge on any atom is -0.459 e. The molecule has 0 radical (unpaired) electrons. The molecular weight excluding hydrogens is 598 g/mol. The van der Waals surface area contributed by atoms with Crippen molar-refractivity contribution in [2.75, 3.05) is 11.4 Å². The Morgan fingerprint density at radius 2 is 1.64 bits per heavy atom. The van der Waals surface area contributed by atoms with Crippen LogP contribution in [0.15, 0.2) is 84.5 Å². The van der Waals surface area contributed by atoms with Gasteiger partial charge in [-0.25, -0.2) is 27.9 Å². The Hall–Kier alpha value is -4.69. The number of aromatic nitrogens is 5. The number of anilines is 1. The van der Waals surface area contributed by atoms with Crippen LogP contribution in [0.25, 0.3) is 5.69 Å². The lowest BCUT2D eigenvalue weighted by Gasteiger charge is -2.28. The molecule has 1 N–H and O–H groups in total. The average Bonchev–Trinajstić information content (AvgIpc) is 3.50. The number of esters is 1. The molecule has 0 aliphatic carbocycles. The lowest BCUT2D eigenvalue weighted by molar-refractivity contribution is -0.153. The number of rotatable bonds is 10. The van der Waals surface area contributed by atoms with Gasteiger partial charge in [0.15, 0.2) is 5.37 Å². The van der Waals surface area contributed by atoms with Gasteiger partial charge >= 0.3 is 12.1 Å². The number of hydrogen-bond donors (Lipinski definition) is 1. The number of hydrogen-bond acceptors (Lipinski definition) is 11. The molecule has 1 atom stereocenters. The van der Waals surface area contributed by atoms with Crippen LogP contribution in [0.1, 0.15) is 58.2 Å². The third-order valence-corrected chi connectivity index (χ3v) is 7.93. The van der Waals surface area contributed by atoms with E-state index in [1.807, 2.05) is 24.3 Å². The highest BCUT2D eigenvalue weighted by Crippen LogP contribution is 2.28. The van der Waals surface area contributed by atoms with Crippen molar-refractivity contribution in [1.29, 1.82) is 0 Å². The molecule has 1 aromatic carbocycles. The first-order valence-electron chi connectivity index (χ1n) is 14.1. The first-order chi connectivity index (χ1) is 21.1. The van der Waals surface area contributed by atoms with E-state index >= 15 is 0 Å². The van der Waals surface area contributed by atoms with Gasteiger partial charge in [0.2, 0.25) is 9.84 Å². The maximum atomic E-state index is 14.0. The maximum Gasteiger partial charge on any atom is 0.416 e. The Morgan fingerprint density at radius 3 is 2.24 bits per heavy atom. The fourth-order valence-corrected chi connectivity index (χ4v) is 5.64. The van der Waals surface area contributed by atoms with E-state index in [2.05, 4.69) is 25.4 Å². The summed E-state index contributed by atoms with van der Waals surface area (Å²) in [6.45, 7) is 9.86. The molecule has 0 spiro atoms. The highest BCUT2D eigenvalue weighted by Gasteiger charge is 2.33. The van der Waals surface area contributed by atoms with Gasteiger partial charge in [-0.2, -0.15) is 5.10 Å². The minimum absolute atomic E-state index is 0.0120. The Labute approximate surface area is 262 Å². The topological polar surface area (TPSA) is 158 Å². The van der Waals surface area contributed by atoms with Crippen molar-refractivity contribution in [1.82, 2.24) is 30.0 Å². The number of nitrogens with one attached hydrogen (secondary N) is 1. The molecule has 1 unspecified atom stereocenters. The number of nitrogens with zero attached hydrogens (tertiary/aromatic N) is 6. The van der Waals surface area contributed by atoms with Crippen LogP contribution in [0.2, 0.25) is 0 Å². The van der Waals surface area contributed by atoms with Crippen molar-refractivity contribution in [3.05, 3.63) is 90.9 Å². The molecule has 0 saturated heterocycles. The highest BCUT2D eigenvalue weighted by molar-refractivity contribution is 7.91. The normalized spacial score (nSPS) is 12.8. The molecular formula is C31H37N7O6S. The Morgan fingerprint density at radius 1 is 0.933 bits per heavy atom. The van der Waals surface area contributed by atoms with Crippen molar-refractivity contribution in [2.24, 2.45) is 0 Å². The first kappa shape index (κ1) is 33.2. The SMILES string of the molecule is CC(C)(C)OC(=O)CN(C(=O)OC(C)(C)C)c1cccc(C(NCc2ccc(-n3cncn3)cc2)S(=O)(=O)c2cccnc2)n1. The molecule has 4 aromatic rings. The number of ether oxygens (including phenoxy) is 2. The van der Waals surface area contributed by atoms with Crippen molar-refractivity contribution >= 4 is 27.7 Å². The summed E-state index contributed by atoms with van der Waals surface area (Å²) in [7, 11) is -4.09. The predicted molar refractivity (Wildman–Crippen MR) is 166 cm³/mol. The summed E-state index contributed by atoms with van der Waals surface area (Å²) in [5.74, 6) is -0.675. The predicted octanol–water partition coefficient (Wildman–Crippen LogP) is 4.40. The van der Waals surface area contributed by atoms with E-state index < -0.39 is 45.0 Å². The van der Waals surface area contributed by atoms with Gasteiger partial charge in [-0.15, -0.1) is 0 Å². The fraction of sp³-hybridized carbons (Fsp3) is 0.355. The molecule has 238 valence electrons. The summed E-state index contributed by atoms with van der Waals surface area (Å²) >= 11 is 0. The van der Waals surface area contributed by atoms with Crippen molar-refractivity contribution in [3.8, 4) is 5.69 Å². The molecule has 4 rings (SSSR count). The number of pyridine rings is 2. The van der Waals surface area contributed by atoms with E-state index in [4.69, 9.17) is 9.47 Å². The first-order valence-corrected chi connectivity index (χ1v) is 15.7. The van der Waals surface area contributed by atoms with Crippen LogP contribution in [-0.4, -0.2) is 63.0 Å². The van der Waals surface area contributed by atoms with E-state index in [0.29, 0.717) is 0 Å². The number of carbonyl (C=O) groups is 2. The van der Waals surface area contributed by atoms with Crippen LogP contribution in [0.4, 0.5) is 10.6 Å². The number of carbonyl (C=O) groups excluding carboxylic acids is 2. The molecule has 0 aliphatic rings. The van der Waals surface area contributed by atoms with Crippen LogP contribution in [0.5, 0.6) is 0 Å². The van der Waals surface area contributed by atoms with E-state index in [1.165, 1.54) is 43.0 Å². The maximum absolute atomic E-state index is 14.0. The van der Waals surface area contributed by atoms with Gasteiger partial charge in [-0.1, -0.05) is 18.2 Å². The molecule has 13 nitrogen and oxygen atoms in total. The van der Waals surface area contributed by atoms with Gasteiger partial charge in [0.05, 0.1) is 16.3 Å². The highest BCUT2D eigenvalue weighted by atomic mass is 32.2. The molecule has 0 aliphatic heterocycles. The smallest absolute Gasteiger partial charge is 0.416 e. The Kier molecular flexibility index (Phi) is 9.98. The largest absolute Gasteiger partial charge is 0.459 e. The second-order valence-electron chi connectivity index (χ2n) is 12.1. The van der Waals surface area contributed by atoms with E-state index in [9.17, 15) is 18.0 Å². The van der Waals surface area contributed by atoms with Crippen LogP contribution < -0.4 is 10.2 Å². The van der Waals surface area contributed by atoms with Crippen molar-refractivity contribution in [3.63, 3.8) is 0 Å². The van der Waals surface area contributed by atoms with Gasteiger partial charge < -0.3 is 9.47 Å². The van der Waals surface area contributed by atoms with E-state index in [-0.39, 0.29) is 23.0 Å². The van der Waals surface area contributed by atoms with Gasteiger partial charge in [0, 0.05) is 18.9 Å². The Balaban J connectivity index is 1.69. The molecule has 1 amide bonds. The quantitative estimate of drug-likeness (QED) is 0.246. The minimum atomic E-state index is -4.09. The molecule has 14 heteroatoms. The molecule has 0 saturated carbocycles. The summed E-state index contributed by atoms with van der Waals surface area (Å²) in [6.07, 6.45) is 4.90.